The fourth-order valence-electron chi connectivity index (χ4n) is 2.25. The van der Waals surface area contributed by atoms with Crippen LogP contribution in [0, 0.1) is 13.8 Å². The van der Waals surface area contributed by atoms with E-state index in [4.69, 9.17) is 0 Å². The summed E-state index contributed by atoms with van der Waals surface area (Å²) in [5, 5.41) is 4.03. The molecule has 0 radical (unpaired) electrons. The summed E-state index contributed by atoms with van der Waals surface area (Å²) >= 11 is 3.23. The molecule has 0 aliphatic heterocycles. The van der Waals surface area contributed by atoms with Gasteiger partial charge in [0.25, 0.3) is 5.91 Å². The van der Waals surface area contributed by atoms with E-state index in [-0.39, 0.29) is 5.91 Å². The van der Waals surface area contributed by atoms with Crippen LogP contribution in [0.2, 0.25) is 0 Å². The number of benzene rings is 1. The van der Waals surface area contributed by atoms with Gasteiger partial charge in [0, 0.05) is 40.3 Å². The average Bonchev–Trinajstić information content (AvgIpc) is 3.15. The zero-order valence-corrected chi connectivity index (χ0v) is 14.9. The van der Waals surface area contributed by atoms with Crippen molar-refractivity contribution in [3.8, 4) is 10.6 Å². The van der Waals surface area contributed by atoms with Gasteiger partial charge in [-0.1, -0.05) is 12.1 Å². The topological polar surface area (TPSA) is 46.1 Å². The molecule has 0 spiro atoms. The molecule has 2 heterocycles. The van der Waals surface area contributed by atoms with Crippen LogP contribution in [0.4, 0.5) is 0 Å². The first kappa shape index (κ1) is 15.8. The van der Waals surface area contributed by atoms with Gasteiger partial charge in [-0.05, 0) is 26.0 Å². The second kappa shape index (κ2) is 6.60. The molecule has 0 saturated heterocycles. The number of rotatable bonds is 4. The van der Waals surface area contributed by atoms with E-state index < -0.39 is 0 Å². The number of aromatic nitrogens is 2. The van der Waals surface area contributed by atoms with E-state index >= 15 is 0 Å². The van der Waals surface area contributed by atoms with Crippen LogP contribution in [0.15, 0.2) is 35.8 Å². The Labute approximate surface area is 143 Å². The SMILES string of the molecule is Cc1csc(-c2ccc(C(=O)N(C)Cc3cnc(C)s3)cc2)n1. The van der Waals surface area contributed by atoms with Crippen LogP contribution in [0.1, 0.15) is 25.9 Å². The highest BCUT2D eigenvalue weighted by molar-refractivity contribution is 7.13. The van der Waals surface area contributed by atoms with Gasteiger partial charge in [0.15, 0.2) is 0 Å². The molecular weight excluding hydrogens is 326 g/mol. The minimum atomic E-state index is 0.0120. The van der Waals surface area contributed by atoms with Crippen molar-refractivity contribution >= 4 is 28.6 Å². The van der Waals surface area contributed by atoms with Gasteiger partial charge >= 0.3 is 0 Å². The largest absolute Gasteiger partial charge is 0.337 e. The third-order valence-corrected chi connectivity index (χ3v) is 5.31. The molecule has 0 aliphatic carbocycles. The molecule has 118 valence electrons. The molecule has 0 unspecified atom stereocenters. The van der Waals surface area contributed by atoms with Crippen LogP contribution in [0.25, 0.3) is 10.6 Å². The highest BCUT2D eigenvalue weighted by Gasteiger charge is 2.13. The first-order valence-corrected chi connectivity index (χ1v) is 8.92. The number of carbonyl (C=O) groups excluding carboxylic acids is 1. The van der Waals surface area contributed by atoms with Gasteiger partial charge < -0.3 is 4.90 Å². The minimum Gasteiger partial charge on any atom is -0.337 e. The molecule has 3 aromatic rings. The molecular formula is C17H17N3OS2. The maximum atomic E-state index is 12.5. The van der Waals surface area contributed by atoms with E-state index in [2.05, 4.69) is 9.97 Å². The Morgan fingerprint density at radius 1 is 1.22 bits per heavy atom. The molecule has 1 amide bonds. The monoisotopic (exact) mass is 343 g/mol. The number of carbonyl (C=O) groups is 1. The van der Waals surface area contributed by atoms with E-state index in [1.54, 1.807) is 27.6 Å². The Morgan fingerprint density at radius 2 is 1.96 bits per heavy atom. The smallest absolute Gasteiger partial charge is 0.253 e. The maximum absolute atomic E-state index is 12.5. The number of amides is 1. The summed E-state index contributed by atoms with van der Waals surface area (Å²) in [6.45, 7) is 4.53. The second-order valence-corrected chi connectivity index (χ2v) is 7.56. The van der Waals surface area contributed by atoms with Gasteiger partial charge in [0.05, 0.1) is 11.6 Å². The fourth-order valence-corrected chi connectivity index (χ4v) is 3.90. The Bertz CT molecular complexity index is 820. The fraction of sp³-hybridized carbons (Fsp3) is 0.235. The van der Waals surface area contributed by atoms with Crippen LogP contribution < -0.4 is 0 Å². The standard InChI is InChI=1S/C17H17N3OS2/c1-11-10-22-16(19-11)13-4-6-14(7-5-13)17(21)20(3)9-15-8-18-12(2)23-15/h4-8,10H,9H2,1-3H3. The molecule has 0 bridgehead atoms. The number of hydrogen-bond acceptors (Lipinski definition) is 5. The summed E-state index contributed by atoms with van der Waals surface area (Å²) in [5.41, 5.74) is 2.75. The lowest BCUT2D eigenvalue weighted by molar-refractivity contribution is 0.0786. The molecule has 0 N–H and O–H groups in total. The zero-order chi connectivity index (χ0) is 16.4. The quantitative estimate of drug-likeness (QED) is 0.715. The Hall–Kier alpha value is -2.05. The van der Waals surface area contributed by atoms with Gasteiger partial charge in [-0.3, -0.25) is 4.79 Å². The van der Waals surface area contributed by atoms with E-state index in [9.17, 15) is 4.79 Å². The average molecular weight is 343 g/mol. The number of hydrogen-bond donors (Lipinski definition) is 0. The van der Waals surface area contributed by atoms with E-state index in [0.29, 0.717) is 12.1 Å². The predicted octanol–water partition coefficient (Wildman–Crippen LogP) is 4.16. The van der Waals surface area contributed by atoms with Crippen molar-refractivity contribution in [3.63, 3.8) is 0 Å². The zero-order valence-electron chi connectivity index (χ0n) is 13.2. The lowest BCUT2D eigenvalue weighted by Crippen LogP contribution is -2.25. The molecule has 0 fully saturated rings. The molecule has 4 nitrogen and oxygen atoms in total. The molecule has 0 aliphatic rings. The van der Waals surface area contributed by atoms with Gasteiger partial charge in [0.2, 0.25) is 0 Å². The molecule has 0 saturated carbocycles. The van der Waals surface area contributed by atoms with Crippen molar-refractivity contribution in [1.29, 1.82) is 0 Å². The van der Waals surface area contributed by atoms with Gasteiger partial charge in [-0.15, -0.1) is 22.7 Å². The summed E-state index contributed by atoms with van der Waals surface area (Å²) in [7, 11) is 1.81. The molecule has 2 aromatic heterocycles. The van der Waals surface area contributed by atoms with Crippen LogP contribution in [-0.4, -0.2) is 27.8 Å². The first-order valence-electron chi connectivity index (χ1n) is 7.22. The van der Waals surface area contributed by atoms with Crippen molar-refractivity contribution in [2.24, 2.45) is 0 Å². The number of aryl methyl sites for hydroxylation is 2. The molecule has 23 heavy (non-hydrogen) atoms. The normalized spacial score (nSPS) is 10.7. The van der Waals surface area contributed by atoms with Crippen molar-refractivity contribution < 1.29 is 4.79 Å². The summed E-state index contributed by atoms with van der Waals surface area (Å²) in [4.78, 5) is 24.0. The summed E-state index contributed by atoms with van der Waals surface area (Å²) in [5.74, 6) is 0.0120. The Kier molecular flexibility index (Phi) is 4.54. The lowest BCUT2D eigenvalue weighted by atomic mass is 10.1. The van der Waals surface area contributed by atoms with Crippen LogP contribution in [0.5, 0.6) is 0 Å². The van der Waals surface area contributed by atoms with Gasteiger partial charge in [-0.25, -0.2) is 9.97 Å². The van der Waals surface area contributed by atoms with Gasteiger partial charge in [-0.2, -0.15) is 0 Å². The summed E-state index contributed by atoms with van der Waals surface area (Å²) in [6.07, 6.45) is 1.83. The lowest BCUT2D eigenvalue weighted by Gasteiger charge is -2.16. The highest BCUT2D eigenvalue weighted by atomic mass is 32.1. The molecule has 6 heteroatoms. The van der Waals surface area contributed by atoms with Crippen molar-refractivity contribution in [2.75, 3.05) is 7.05 Å². The maximum Gasteiger partial charge on any atom is 0.253 e. The molecule has 3 rings (SSSR count). The van der Waals surface area contributed by atoms with Crippen molar-refractivity contribution in [1.82, 2.24) is 14.9 Å². The Balaban J connectivity index is 1.72. The number of thiazole rings is 2. The van der Waals surface area contributed by atoms with Crippen LogP contribution in [-0.2, 0) is 6.54 Å². The molecule has 0 atom stereocenters. The first-order chi connectivity index (χ1) is 11.0. The van der Waals surface area contributed by atoms with Gasteiger partial charge in [0.1, 0.15) is 5.01 Å². The van der Waals surface area contributed by atoms with Crippen molar-refractivity contribution in [3.05, 3.63) is 57.0 Å². The Morgan fingerprint density at radius 3 is 2.52 bits per heavy atom. The predicted molar refractivity (Wildman–Crippen MR) is 94.9 cm³/mol. The number of nitrogens with zero attached hydrogens (tertiary/aromatic N) is 3. The van der Waals surface area contributed by atoms with E-state index in [1.807, 2.05) is 56.7 Å². The molecule has 1 aromatic carbocycles. The summed E-state index contributed by atoms with van der Waals surface area (Å²) < 4.78 is 0. The van der Waals surface area contributed by atoms with Crippen LogP contribution in [0.3, 0.4) is 0 Å². The third-order valence-electron chi connectivity index (χ3n) is 3.41. The van der Waals surface area contributed by atoms with E-state index in [0.717, 1.165) is 26.1 Å². The highest BCUT2D eigenvalue weighted by Crippen LogP contribution is 2.24. The summed E-state index contributed by atoms with van der Waals surface area (Å²) in [6, 6.07) is 7.64. The van der Waals surface area contributed by atoms with Crippen molar-refractivity contribution in [2.45, 2.75) is 20.4 Å². The minimum absolute atomic E-state index is 0.0120. The van der Waals surface area contributed by atoms with Crippen LogP contribution >= 0.6 is 22.7 Å². The third kappa shape index (κ3) is 3.65. The second-order valence-electron chi connectivity index (χ2n) is 5.38. The van der Waals surface area contributed by atoms with E-state index in [1.165, 1.54) is 0 Å².